The molecule has 28 heavy (non-hydrogen) atoms. The van der Waals surface area contributed by atoms with Crippen molar-refractivity contribution >= 4 is 23.0 Å². The first-order chi connectivity index (χ1) is 13.1. The van der Waals surface area contributed by atoms with Crippen LogP contribution in [0.5, 0.6) is 5.75 Å². The molecule has 1 fully saturated rings. The zero-order chi connectivity index (χ0) is 20.5. The van der Waals surface area contributed by atoms with Gasteiger partial charge in [-0.15, -0.1) is 0 Å². The van der Waals surface area contributed by atoms with Crippen molar-refractivity contribution in [2.75, 3.05) is 19.7 Å². The number of carboxylic acid groups (broad SMARTS) is 1. The van der Waals surface area contributed by atoms with E-state index in [9.17, 15) is 14.7 Å². The van der Waals surface area contributed by atoms with Gasteiger partial charge in [-0.25, -0.2) is 9.59 Å². The minimum absolute atomic E-state index is 0.292. The molecule has 3 rings (SSSR count). The van der Waals surface area contributed by atoms with E-state index in [0.717, 1.165) is 10.9 Å². The monoisotopic (exact) mass is 391 g/mol. The maximum Gasteiger partial charge on any atom is 0.410 e. The fourth-order valence-electron chi connectivity index (χ4n) is 2.91. The molecule has 1 aliphatic rings. The smallest absolute Gasteiger partial charge is 0.410 e. The molecule has 1 aliphatic heterocycles. The topological polar surface area (TPSA) is 114 Å². The van der Waals surface area contributed by atoms with Crippen LogP contribution in [0.4, 0.5) is 4.79 Å². The summed E-state index contributed by atoms with van der Waals surface area (Å²) in [6.45, 7) is 7.16. The van der Waals surface area contributed by atoms with Crippen LogP contribution in [-0.2, 0) is 16.1 Å². The number of aliphatic hydroxyl groups excluding tert-OH is 1. The van der Waals surface area contributed by atoms with Gasteiger partial charge in [0.1, 0.15) is 18.0 Å². The first-order valence-corrected chi connectivity index (χ1v) is 9.09. The van der Waals surface area contributed by atoms with Crippen molar-refractivity contribution in [3.05, 3.63) is 24.4 Å². The highest BCUT2D eigenvalue weighted by atomic mass is 16.6. The predicted molar refractivity (Wildman–Crippen MR) is 100 cm³/mol. The van der Waals surface area contributed by atoms with Crippen LogP contribution in [0.1, 0.15) is 20.8 Å². The predicted octanol–water partition coefficient (Wildman–Crippen LogP) is 1.73. The maximum atomic E-state index is 12.0. The molecule has 0 saturated carbocycles. The van der Waals surface area contributed by atoms with Gasteiger partial charge in [-0.3, -0.25) is 4.68 Å². The third-order valence-electron chi connectivity index (χ3n) is 4.27. The first kappa shape index (κ1) is 19.9. The molecule has 1 unspecified atom stereocenters. The van der Waals surface area contributed by atoms with Gasteiger partial charge in [-0.05, 0) is 39.0 Å². The van der Waals surface area contributed by atoms with Crippen LogP contribution in [0.25, 0.3) is 10.9 Å². The third kappa shape index (κ3) is 4.92. The number of likely N-dealkylation sites (tertiary alicyclic amines) is 1. The van der Waals surface area contributed by atoms with E-state index in [2.05, 4.69) is 5.10 Å². The molecule has 0 bridgehead atoms. The second-order valence-corrected chi connectivity index (χ2v) is 7.99. The molecule has 9 nitrogen and oxygen atoms in total. The Morgan fingerprint density at radius 2 is 2.04 bits per heavy atom. The minimum atomic E-state index is -1.56. The Morgan fingerprint density at radius 3 is 2.68 bits per heavy atom. The number of amides is 1. The Balaban J connectivity index is 1.54. The molecule has 0 aliphatic carbocycles. The summed E-state index contributed by atoms with van der Waals surface area (Å²) in [4.78, 5) is 24.3. The van der Waals surface area contributed by atoms with Crippen LogP contribution in [0.2, 0.25) is 0 Å². The maximum absolute atomic E-state index is 12.0. The van der Waals surface area contributed by atoms with E-state index in [1.54, 1.807) is 23.1 Å². The summed E-state index contributed by atoms with van der Waals surface area (Å²) in [6, 6.07) is 5.21. The fourth-order valence-corrected chi connectivity index (χ4v) is 2.91. The molecule has 2 aromatic rings. The van der Waals surface area contributed by atoms with Crippen molar-refractivity contribution in [1.82, 2.24) is 14.7 Å². The molecule has 9 heteroatoms. The number of rotatable bonds is 6. The number of fused-ring (bicyclic) bond motifs is 1. The van der Waals surface area contributed by atoms with Crippen molar-refractivity contribution in [2.24, 2.45) is 5.92 Å². The highest BCUT2D eigenvalue weighted by Gasteiger charge is 2.33. The Kier molecular flexibility index (Phi) is 5.46. The van der Waals surface area contributed by atoms with Gasteiger partial charge in [-0.1, -0.05) is 0 Å². The molecule has 152 valence electrons. The second-order valence-electron chi connectivity index (χ2n) is 7.99. The summed E-state index contributed by atoms with van der Waals surface area (Å²) in [5, 5.41) is 23.3. The average molecular weight is 391 g/mol. The van der Waals surface area contributed by atoms with Gasteiger partial charge < -0.3 is 24.6 Å². The Morgan fingerprint density at radius 1 is 1.32 bits per heavy atom. The van der Waals surface area contributed by atoms with Crippen LogP contribution in [0, 0.1) is 5.92 Å². The molecule has 1 saturated heterocycles. The lowest BCUT2D eigenvalue weighted by molar-refractivity contribution is -0.148. The van der Waals surface area contributed by atoms with E-state index in [-0.39, 0.29) is 12.7 Å². The number of aliphatic carboxylic acids is 1. The zero-order valence-electron chi connectivity index (χ0n) is 16.2. The van der Waals surface area contributed by atoms with Crippen LogP contribution in [-0.4, -0.2) is 68.4 Å². The minimum Gasteiger partial charge on any atom is -0.490 e. The van der Waals surface area contributed by atoms with E-state index in [4.69, 9.17) is 14.6 Å². The lowest BCUT2D eigenvalue weighted by Gasteiger charge is -2.39. The van der Waals surface area contributed by atoms with Crippen molar-refractivity contribution < 1.29 is 29.3 Å². The lowest BCUT2D eigenvalue weighted by atomic mass is 10.0. The number of aliphatic hydroxyl groups is 1. The van der Waals surface area contributed by atoms with E-state index in [0.29, 0.717) is 31.3 Å². The number of benzene rings is 1. The van der Waals surface area contributed by atoms with Crippen molar-refractivity contribution in [3.8, 4) is 5.75 Å². The normalized spacial score (nSPS) is 15.9. The summed E-state index contributed by atoms with van der Waals surface area (Å²) in [6.07, 6.45) is 0.0241. The van der Waals surface area contributed by atoms with Crippen LogP contribution >= 0.6 is 0 Å². The number of hydrogen-bond acceptors (Lipinski definition) is 6. The number of ether oxygens (including phenoxy) is 2. The Labute approximate surface area is 162 Å². The summed E-state index contributed by atoms with van der Waals surface area (Å²) < 4.78 is 12.5. The largest absolute Gasteiger partial charge is 0.490 e. The standard InChI is InChI=1S/C19H25N3O6/c1-19(2,3)28-18(26)21-7-12(8-21)9-22-10-13-6-14(4-5-15(13)20-22)27-11-16(23)17(24)25/h4-6,10,12,16,23H,7-9,11H2,1-3H3,(H,24,25). The molecule has 1 aromatic heterocycles. The molecule has 1 aromatic carbocycles. The highest BCUT2D eigenvalue weighted by molar-refractivity contribution is 5.79. The molecule has 0 radical (unpaired) electrons. The Hall–Kier alpha value is -2.81. The van der Waals surface area contributed by atoms with Gasteiger partial charge in [0, 0.05) is 37.1 Å². The molecular weight excluding hydrogens is 366 g/mol. The SMILES string of the molecule is CC(C)(C)OC(=O)N1CC(Cn2cc3cc(OCC(O)C(=O)O)ccc3n2)C1. The quantitative estimate of drug-likeness (QED) is 0.771. The molecule has 1 atom stereocenters. The molecular formula is C19H25N3O6. The number of carboxylic acids is 1. The first-order valence-electron chi connectivity index (χ1n) is 9.09. The van der Waals surface area contributed by atoms with Crippen molar-refractivity contribution in [1.29, 1.82) is 0 Å². The number of aromatic nitrogens is 2. The summed E-state index contributed by atoms with van der Waals surface area (Å²) in [5.41, 5.74) is 0.289. The van der Waals surface area contributed by atoms with Crippen molar-refractivity contribution in [3.63, 3.8) is 0 Å². The van der Waals surface area contributed by atoms with E-state index in [1.807, 2.05) is 31.6 Å². The number of hydrogen-bond donors (Lipinski definition) is 2. The highest BCUT2D eigenvalue weighted by Crippen LogP contribution is 2.23. The fraction of sp³-hybridized carbons (Fsp3) is 0.526. The number of carbonyl (C=O) groups is 2. The lowest BCUT2D eigenvalue weighted by Crippen LogP contribution is -2.52. The van der Waals surface area contributed by atoms with Gasteiger partial charge in [-0.2, -0.15) is 5.10 Å². The molecule has 0 spiro atoms. The van der Waals surface area contributed by atoms with Gasteiger partial charge in [0.05, 0.1) is 5.52 Å². The average Bonchev–Trinajstić information content (AvgIpc) is 2.95. The molecule has 1 amide bonds. The Bertz CT molecular complexity index is 866. The van der Waals surface area contributed by atoms with Crippen LogP contribution < -0.4 is 4.74 Å². The van der Waals surface area contributed by atoms with Gasteiger partial charge in [0.2, 0.25) is 0 Å². The number of nitrogens with zero attached hydrogens (tertiary/aromatic N) is 3. The summed E-state index contributed by atoms with van der Waals surface area (Å²) >= 11 is 0. The zero-order valence-corrected chi connectivity index (χ0v) is 16.2. The van der Waals surface area contributed by atoms with Crippen molar-refractivity contribution in [2.45, 2.75) is 39.0 Å². The van der Waals surface area contributed by atoms with Gasteiger partial charge >= 0.3 is 12.1 Å². The molecule has 2 heterocycles. The second kappa shape index (κ2) is 7.67. The number of carbonyl (C=O) groups excluding carboxylic acids is 1. The van der Waals surface area contributed by atoms with Gasteiger partial charge in [0.25, 0.3) is 0 Å². The van der Waals surface area contributed by atoms with E-state index >= 15 is 0 Å². The van der Waals surface area contributed by atoms with E-state index in [1.165, 1.54) is 0 Å². The summed E-state index contributed by atoms with van der Waals surface area (Å²) in [7, 11) is 0. The van der Waals surface area contributed by atoms with Crippen LogP contribution in [0.3, 0.4) is 0 Å². The molecule has 2 N–H and O–H groups in total. The third-order valence-corrected chi connectivity index (χ3v) is 4.27. The van der Waals surface area contributed by atoms with E-state index < -0.39 is 17.7 Å². The summed E-state index contributed by atoms with van der Waals surface area (Å²) in [5.74, 6) is -0.551. The van der Waals surface area contributed by atoms with Gasteiger partial charge in [0.15, 0.2) is 6.10 Å². The van der Waals surface area contributed by atoms with Crippen LogP contribution in [0.15, 0.2) is 24.4 Å².